The van der Waals surface area contributed by atoms with Gasteiger partial charge in [-0.05, 0) is 37.1 Å². The molecule has 2 nitrogen and oxygen atoms in total. The van der Waals surface area contributed by atoms with Gasteiger partial charge in [0.2, 0.25) is 0 Å². The van der Waals surface area contributed by atoms with E-state index in [1.54, 1.807) is 12.1 Å². The predicted molar refractivity (Wildman–Crippen MR) is 71.5 cm³/mol. The molecule has 0 bridgehead atoms. The lowest BCUT2D eigenvalue weighted by molar-refractivity contribution is 0.149. The minimum absolute atomic E-state index is 0.0185. The summed E-state index contributed by atoms with van der Waals surface area (Å²) in [6, 6.07) is 4.91. The number of halogens is 2. The highest BCUT2D eigenvalue weighted by Gasteiger charge is 2.35. The highest BCUT2D eigenvalue weighted by atomic mass is 35.5. The molecule has 4 heteroatoms. The van der Waals surface area contributed by atoms with E-state index < -0.39 is 0 Å². The molecule has 1 aliphatic heterocycles. The molecule has 1 aromatic carbocycles. The van der Waals surface area contributed by atoms with Crippen LogP contribution in [-0.4, -0.2) is 26.3 Å². The summed E-state index contributed by atoms with van der Waals surface area (Å²) in [7, 11) is 0. The predicted octanol–water partition coefficient (Wildman–Crippen LogP) is 3.04. The Morgan fingerprint density at radius 3 is 2.94 bits per heavy atom. The van der Waals surface area contributed by atoms with Crippen LogP contribution in [0.1, 0.15) is 18.9 Å². The molecule has 100 valence electrons. The minimum Gasteiger partial charge on any atom is -0.381 e. The molecule has 1 fully saturated rings. The quantitative estimate of drug-likeness (QED) is 0.889. The van der Waals surface area contributed by atoms with E-state index in [4.69, 9.17) is 16.3 Å². The Hall–Kier alpha value is -0.640. The maximum atomic E-state index is 13.9. The standard InChI is InChI=1S/C14H19ClFNO/c1-2-17-9-14(5-6-18-10-14)8-11-3-4-12(15)7-13(11)16/h3-4,7,17H,2,5-6,8-10H2,1H3. The van der Waals surface area contributed by atoms with Crippen LogP contribution in [0.25, 0.3) is 0 Å². The van der Waals surface area contributed by atoms with Gasteiger partial charge in [-0.25, -0.2) is 4.39 Å². The Balaban J connectivity index is 2.13. The van der Waals surface area contributed by atoms with Crippen molar-refractivity contribution in [2.45, 2.75) is 19.8 Å². The van der Waals surface area contributed by atoms with Gasteiger partial charge in [-0.1, -0.05) is 24.6 Å². The van der Waals surface area contributed by atoms with Gasteiger partial charge in [0.05, 0.1) is 6.61 Å². The number of nitrogens with one attached hydrogen (secondary N) is 1. The van der Waals surface area contributed by atoms with Crippen molar-refractivity contribution in [1.82, 2.24) is 5.32 Å². The van der Waals surface area contributed by atoms with Crippen molar-refractivity contribution >= 4 is 11.6 Å². The van der Waals surface area contributed by atoms with Crippen LogP contribution in [0.5, 0.6) is 0 Å². The number of hydrogen-bond donors (Lipinski definition) is 1. The third-order valence-electron chi connectivity index (χ3n) is 3.52. The number of ether oxygens (including phenoxy) is 1. The number of benzene rings is 1. The van der Waals surface area contributed by atoms with Crippen LogP contribution in [0, 0.1) is 11.2 Å². The van der Waals surface area contributed by atoms with Gasteiger partial charge in [0.15, 0.2) is 0 Å². The molecule has 2 rings (SSSR count). The molecule has 0 amide bonds. The lowest BCUT2D eigenvalue weighted by Crippen LogP contribution is -2.37. The van der Waals surface area contributed by atoms with E-state index in [9.17, 15) is 4.39 Å². The van der Waals surface area contributed by atoms with Crippen molar-refractivity contribution in [3.05, 3.63) is 34.6 Å². The van der Waals surface area contributed by atoms with Gasteiger partial charge >= 0.3 is 0 Å². The molecule has 0 spiro atoms. The zero-order valence-electron chi connectivity index (χ0n) is 10.6. The van der Waals surface area contributed by atoms with Crippen LogP contribution in [0.2, 0.25) is 5.02 Å². The van der Waals surface area contributed by atoms with Gasteiger partial charge in [-0.15, -0.1) is 0 Å². The number of rotatable bonds is 5. The van der Waals surface area contributed by atoms with E-state index in [2.05, 4.69) is 12.2 Å². The lowest BCUT2D eigenvalue weighted by atomic mass is 9.80. The van der Waals surface area contributed by atoms with Gasteiger partial charge in [0, 0.05) is 23.6 Å². The first kappa shape index (κ1) is 13.8. The van der Waals surface area contributed by atoms with Gasteiger partial charge < -0.3 is 10.1 Å². The maximum absolute atomic E-state index is 13.9. The Morgan fingerprint density at radius 1 is 1.50 bits per heavy atom. The third-order valence-corrected chi connectivity index (χ3v) is 3.75. The zero-order chi connectivity index (χ0) is 13.0. The second-order valence-corrected chi connectivity index (χ2v) is 5.43. The van der Waals surface area contributed by atoms with Crippen molar-refractivity contribution in [2.24, 2.45) is 5.41 Å². The molecule has 1 saturated heterocycles. The van der Waals surface area contributed by atoms with Gasteiger partial charge in [-0.2, -0.15) is 0 Å². The SMILES string of the molecule is CCNCC1(Cc2ccc(Cl)cc2F)CCOC1. The molecule has 1 heterocycles. The van der Waals surface area contributed by atoms with Crippen molar-refractivity contribution in [3.63, 3.8) is 0 Å². The van der Waals surface area contributed by atoms with Crippen LogP contribution in [0.4, 0.5) is 4.39 Å². The van der Waals surface area contributed by atoms with Gasteiger partial charge in [0.1, 0.15) is 5.82 Å². The second kappa shape index (κ2) is 6.00. The highest BCUT2D eigenvalue weighted by molar-refractivity contribution is 6.30. The van der Waals surface area contributed by atoms with E-state index in [1.807, 2.05) is 0 Å². The van der Waals surface area contributed by atoms with Crippen molar-refractivity contribution in [1.29, 1.82) is 0 Å². The molecule has 0 radical (unpaired) electrons. The van der Waals surface area contributed by atoms with Crippen LogP contribution in [-0.2, 0) is 11.2 Å². The second-order valence-electron chi connectivity index (χ2n) is 5.00. The minimum atomic E-state index is -0.217. The Bertz CT molecular complexity index is 405. The van der Waals surface area contributed by atoms with E-state index in [-0.39, 0.29) is 11.2 Å². The van der Waals surface area contributed by atoms with Crippen LogP contribution < -0.4 is 5.32 Å². The molecule has 0 aliphatic carbocycles. The molecule has 1 N–H and O–H groups in total. The molecular weight excluding hydrogens is 253 g/mol. The molecule has 1 aliphatic rings. The fraction of sp³-hybridized carbons (Fsp3) is 0.571. The van der Waals surface area contributed by atoms with E-state index in [0.29, 0.717) is 18.1 Å². The fourth-order valence-corrected chi connectivity index (χ4v) is 2.61. The highest BCUT2D eigenvalue weighted by Crippen LogP contribution is 2.33. The Morgan fingerprint density at radius 2 is 2.33 bits per heavy atom. The monoisotopic (exact) mass is 271 g/mol. The summed E-state index contributed by atoms with van der Waals surface area (Å²) in [5, 5.41) is 3.80. The molecule has 18 heavy (non-hydrogen) atoms. The fourth-order valence-electron chi connectivity index (χ4n) is 2.45. The summed E-state index contributed by atoms with van der Waals surface area (Å²) < 4.78 is 19.4. The summed E-state index contributed by atoms with van der Waals surface area (Å²) in [6.07, 6.45) is 1.67. The number of hydrogen-bond acceptors (Lipinski definition) is 2. The smallest absolute Gasteiger partial charge is 0.127 e. The largest absolute Gasteiger partial charge is 0.381 e. The van der Waals surface area contributed by atoms with Gasteiger partial charge in [-0.3, -0.25) is 0 Å². The van der Waals surface area contributed by atoms with E-state index >= 15 is 0 Å². The van der Waals surface area contributed by atoms with Gasteiger partial charge in [0.25, 0.3) is 0 Å². The summed E-state index contributed by atoms with van der Waals surface area (Å²) >= 11 is 5.77. The maximum Gasteiger partial charge on any atom is 0.127 e. The molecule has 0 saturated carbocycles. The zero-order valence-corrected chi connectivity index (χ0v) is 11.4. The molecule has 1 atom stereocenters. The summed E-state index contributed by atoms with van der Waals surface area (Å²) in [6.45, 7) is 5.32. The topological polar surface area (TPSA) is 21.3 Å². The lowest BCUT2D eigenvalue weighted by Gasteiger charge is -2.28. The average Bonchev–Trinajstić information content (AvgIpc) is 2.80. The molecular formula is C14H19ClFNO. The van der Waals surface area contributed by atoms with E-state index in [0.717, 1.165) is 31.7 Å². The first-order valence-corrected chi connectivity index (χ1v) is 6.75. The van der Waals surface area contributed by atoms with Crippen LogP contribution in [0.15, 0.2) is 18.2 Å². The Kier molecular flexibility index (Phi) is 4.60. The summed E-state index contributed by atoms with van der Waals surface area (Å²) in [4.78, 5) is 0. The first-order chi connectivity index (χ1) is 8.65. The van der Waals surface area contributed by atoms with Crippen molar-refractivity contribution < 1.29 is 9.13 Å². The van der Waals surface area contributed by atoms with Crippen molar-refractivity contribution in [2.75, 3.05) is 26.3 Å². The van der Waals surface area contributed by atoms with Crippen molar-refractivity contribution in [3.8, 4) is 0 Å². The van der Waals surface area contributed by atoms with Crippen LogP contribution >= 0.6 is 11.6 Å². The summed E-state index contributed by atoms with van der Waals surface area (Å²) in [5.74, 6) is -0.217. The molecule has 1 unspecified atom stereocenters. The summed E-state index contributed by atoms with van der Waals surface area (Å²) in [5.41, 5.74) is 0.743. The normalized spacial score (nSPS) is 23.5. The molecule has 0 aromatic heterocycles. The average molecular weight is 272 g/mol. The first-order valence-electron chi connectivity index (χ1n) is 6.38. The third kappa shape index (κ3) is 3.22. The molecule has 1 aromatic rings. The van der Waals surface area contributed by atoms with Crippen LogP contribution in [0.3, 0.4) is 0 Å². The van der Waals surface area contributed by atoms with E-state index in [1.165, 1.54) is 6.07 Å². The Labute approximate surface area is 112 Å².